The number of benzene rings is 2. The molecule has 3 aromatic rings. The van der Waals surface area contributed by atoms with Crippen LogP contribution in [0.4, 0.5) is 8.78 Å². The third-order valence-corrected chi connectivity index (χ3v) is 7.85. The highest BCUT2D eigenvalue weighted by molar-refractivity contribution is 5.83. The van der Waals surface area contributed by atoms with Gasteiger partial charge in [-0.15, -0.1) is 0 Å². The Hall–Kier alpha value is -2.51. The van der Waals surface area contributed by atoms with E-state index in [0.29, 0.717) is 5.92 Å². The highest BCUT2D eigenvalue weighted by Gasteiger charge is 2.29. The van der Waals surface area contributed by atoms with E-state index in [1.54, 1.807) is 24.3 Å². The predicted molar refractivity (Wildman–Crippen MR) is 141 cm³/mol. The fraction of sp³-hybridized carbons (Fsp3) is 0.552. The number of piperidine rings is 2. The third-order valence-electron chi connectivity index (χ3n) is 7.85. The number of aromatic nitrogens is 2. The van der Waals surface area contributed by atoms with Crippen molar-refractivity contribution in [1.82, 2.24) is 19.8 Å². The van der Waals surface area contributed by atoms with Crippen molar-refractivity contribution in [3.63, 3.8) is 0 Å². The molecule has 2 aromatic carbocycles. The molecule has 0 radical (unpaired) electrons. The third kappa shape index (κ3) is 5.73. The fourth-order valence-corrected chi connectivity index (χ4v) is 6.07. The Morgan fingerprint density at radius 3 is 2.33 bits per heavy atom. The molecule has 2 aliphatic heterocycles. The molecule has 7 heteroatoms. The number of aromatic amines is 1. The van der Waals surface area contributed by atoms with Crippen molar-refractivity contribution in [3.8, 4) is 17.1 Å². The van der Waals surface area contributed by atoms with Gasteiger partial charge in [0.1, 0.15) is 11.6 Å². The number of imidazole rings is 1. The number of alkyl halides is 2. The SMILES string of the molecule is Cc1cc(C2CCN(C3CCN(CC(C)C)CC3)CC2)cc2[nH]c(-c3ccc(OC(F)F)cc3)nc12. The zero-order chi connectivity index (χ0) is 25.2. The van der Waals surface area contributed by atoms with Gasteiger partial charge in [-0.25, -0.2) is 4.98 Å². The van der Waals surface area contributed by atoms with Crippen LogP contribution >= 0.6 is 0 Å². The summed E-state index contributed by atoms with van der Waals surface area (Å²) in [5.74, 6) is 2.21. The summed E-state index contributed by atoms with van der Waals surface area (Å²) in [6.07, 6.45) is 5.00. The number of hydrogen-bond acceptors (Lipinski definition) is 4. The van der Waals surface area contributed by atoms with E-state index < -0.39 is 6.61 Å². The summed E-state index contributed by atoms with van der Waals surface area (Å²) in [6.45, 7) is 9.98. The van der Waals surface area contributed by atoms with Crippen LogP contribution < -0.4 is 4.74 Å². The molecule has 36 heavy (non-hydrogen) atoms. The minimum Gasteiger partial charge on any atom is -0.435 e. The molecule has 3 heterocycles. The van der Waals surface area contributed by atoms with Crippen LogP contribution in [0.5, 0.6) is 5.75 Å². The predicted octanol–water partition coefficient (Wildman–Crippen LogP) is 6.44. The van der Waals surface area contributed by atoms with Gasteiger partial charge in [0, 0.05) is 18.2 Å². The number of nitrogens with one attached hydrogen (secondary N) is 1. The largest absolute Gasteiger partial charge is 0.435 e. The van der Waals surface area contributed by atoms with E-state index in [-0.39, 0.29) is 5.75 Å². The van der Waals surface area contributed by atoms with Crippen molar-refractivity contribution in [2.75, 3.05) is 32.7 Å². The number of nitrogens with zero attached hydrogens (tertiary/aromatic N) is 3. The van der Waals surface area contributed by atoms with Crippen molar-refractivity contribution in [2.45, 2.75) is 65.0 Å². The number of halogens is 2. The monoisotopic (exact) mass is 496 g/mol. The summed E-state index contributed by atoms with van der Waals surface area (Å²) in [7, 11) is 0. The molecule has 5 rings (SSSR count). The molecule has 1 N–H and O–H groups in total. The average Bonchev–Trinajstić information content (AvgIpc) is 3.29. The van der Waals surface area contributed by atoms with Gasteiger partial charge in [-0.3, -0.25) is 0 Å². The molecule has 0 amide bonds. The van der Waals surface area contributed by atoms with Gasteiger partial charge < -0.3 is 19.5 Å². The standard InChI is InChI=1S/C29H38F2N4O/c1-19(2)18-34-12-10-24(11-13-34)35-14-8-21(9-15-35)23-16-20(3)27-26(17-23)32-28(33-27)22-4-6-25(7-5-22)36-29(30)31/h4-7,16-17,19,21,24,29H,8-15,18H2,1-3H3,(H,32,33). The number of rotatable bonds is 7. The molecule has 5 nitrogen and oxygen atoms in total. The van der Waals surface area contributed by atoms with Gasteiger partial charge in [-0.1, -0.05) is 19.9 Å². The Kier molecular flexibility index (Phi) is 7.58. The van der Waals surface area contributed by atoms with E-state index in [9.17, 15) is 8.78 Å². The van der Waals surface area contributed by atoms with E-state index in [1.165, 1.54) is 69.5 Å². The van der Waals surface area contributed by atoms with Crippen molar-refractivity contribution in [3.05, 3.63) is 47.5 Å². The molecule has 2 aliphatic rings. The van der Waals surface area contributed by atoms with Crippen molar-refractivity contribution in [2.24, 2.45) is 5.92 Å². The van der Waals surface area contributed by atoms with E-state index in [1.807, 2.05) is 0 Å². The fourth-order valence-electron chi connectivity index (χ4n) is 6.07. The summed E-state index contributed by atoms with van der Waals surface area (Å²) in [5.41, 5.74) is 5.41. The average molecular weight is 497 g/mol. The molecule has 0 atom stereocenters. The molecule has 0 saturated carbocycles. The smallest absolute Gasteiger partial charge is 0.387 e. The van der Waals surface area contributed by atoms with Crippen LogP contribution in [0, 0.1) is 12.8 Å². The molecule has 0 unspecified atom stereocenters. The first kappa shape index (κ1) is 25.2. The Morgan fingerprint density at radius 1 is 1.00 bits per heavy atom. The van der Waals surface area contributed by atoms with Gasteiger partial charge >= 0.3 is 6.61 Å². The summed E-state index contributed by atoms with van der Waals surface area (Å²) in [4.78, 5) is 13.6. The second-order valence-electron chi connectivity index (χ2n) is 11.0. The number of likely N-dealkylation sites (tertiary alicyclic amines) is 2. The van der Waals surface area contributed by atoms with Crippen LogP contribution in [-0.4, -0.2) is 65.1 Å². The molecule has 0 spiro atoms. The Morgan fingerprint density at radius 2 is 1.69 bits per heavy atom. The van der Waals surface area contributed by atoms with Crippen LogP contribution in [0.2, 0.25) is 0 Å². The Bertz CT molecular complexity index is 1140. The summed E-state index contributed by atoms with van der Waals surface area (Å²) in [6, 6.07) is 11.9. The van der Waals surface area contributed by atoms with E-state index in [0.717, 1.165) is 34.4 Å². The quantitative estimate of drug-likeness (QED) is 0.409. The normalized spacial score (nSPS) is 19.1. The van der Waals surface area contributed by atoms with Gasteiger partial charge in [0.25, 0.3) is 0 Å². The summed E-state index contributed by atoms with van der Waals surface area (Å²) in [5, 5.41) is 0. The van der Waals surface area contributed by atoms with Gasteiger partial charge in [0.05, 0.1) is 11.0 Å². The first-order valence-electron chi connectivity index (χ1n) is 13.4. The highest BCUT2D eigenvalue weighted by atomic mass is 19.3. The maximum absolute atomic E-state index is 12.4. The maximum Gasteiger partial charge on any atom is 0.387 e. The summed E-state index contributed by atoms with van der Waals surface area (Å²) < 4.78 is 29.3. The number of H-pyrrole nitrogens is 1. The minimum atomic E-state index is -2.82. The van der Waals surface area contributed by atoms with E-state index >= 15 is 0 Å². The second-order valence-corrected chi connectivity index (χ2v) is 11.0. The molecule has 2 fully saturated rings. The molecule has 0 aliphatic carbocycles. The first-order valence-corrected chi connectivity index (χ1v) is 13.4. The zero-order valence-corrected chi connectivity index (χ0v) is 21.6. The first-order chi connectivity index (χ1) is 17.4. The topological polar surface area (TPSA) is 44.4 Å². The number of hydrogen-bond donors (Lipinski definition) is 1. The molecular formula is C29H38F2N4O. The number of fused-ring (bicyclic) bond motifs is 1. The van der Waals surface area contributed by atoms with Crippen molar-refractivity contribution >= 4 is 11.0 Å². The zero-order valence-electron chi connectivity index (χ0n) is 21.6. The lowest BCUT2D eigenvalue weighted by Crippen LogP contribution is -2.48. The molecule has 1 aromatic heterocycles. The lowest BCUT2D eigenvalue weighted by Gasteiger charge is -2.42. The van der Waals surface area contributed by atoms with Gasteiger partial charge in [-0.2, -0.15) is 8.78 Å². The van der Waals surface area contributed by atoms with Gasteiger partial charge in [0.15, 0.2) is 0 Å². The van der Waals surface area contributed by atoms with Crippen molar-refractivity contribution in [1.29, 1.82) is 0 Å². The van der Waals surface area contributed by atoms with E-state index in [4.69, 9.17) is 4.98 Å². The molecule has 0 bridgehead atoms. The van der Waals surface area contributed by atoms with Crippen LogP contribution in [-0.2, 0) is 0 Å². The van der Waals surface area contributed by atoms with Crippen LogP contribution in [0.25, 0.3) is 22.4 Å². The summed E-state index contributed by atoms with van der Waals surface area (Å²) >= 11 is 0. The van der Waals surface area contributed by atoms with Gasteiger partial charge in [0.2, 0.25) is 0 Å². The number of ether oxygens (including phenoxy) is 1. The number of aryl methyl sites for hydroxylation is 1. The lowest BCUT2D eigenvalue weighted by atomic mass is 9.87. The molecular weight excluding hydrogens is 458 g/mol. The van der Waals surface area contributed by atoms with Gasteiger partial charge in [-0.05, 0) is 112 Å². The Labute approximate surface area is 212 Å². The lowest BCUT2D eigenvalue weighted by molar-refractivity contribution is -0.0498. The second kappa shape index (κ2) is 10.9. The van der Waals surface area contributed by atoms with Crippen LogP contribution in [0.3, 0.4) is 0 Å². The minimum absolute atomic E-state index is 0.149. The van der Waals surface area contributed by atoms with E-state index in [2.05, 4.69) is 52.4 Å². The Balaban J connectivity index is 1.23. The maximum atomic E-state index is 12.4. The molecule has 194 valence electrons. The van der Waals surface area contributed by atoms with Crippen LogP contribution in [0.1, 0.15) is 56.6 Å². The van der Waals surface area contributed by atoms with Crippen molar-refractivity contribution < 1.29 is 13.5 Å². The highest BCUT2D eigenvalue weighted by Crippen LogP contribution is 2.34. The van der Waals surface area contributed by atoms with Crippen LogP contribution in [0.15, 0.2) is 36.4 Å². The molecule has 2 saturated heterocycles.